The molecule has 0 unspecified atom stereocenters. The summed E-state index contributed by atoms with van der Waals surface area (Å²) in [6, 6.07) is 0. The lowest BCUT2D eigenvalue weighted by Crippen LogP contribution is -2.30. The van der Waals surface area contributed by atoms with Gasteiger partial charge in [-0.15, -0.1) is 11.3 Å². The van der Waals surface area contributed by atoms with Gasteiger partial charge < -0.3 is 0 Å². The normalized spacial score (nSPS) is 12.4. The fourth-order valence-electron chi connectivity index (χ4n) is 1.08. The summed E-state index contributed by atoms with van der Waals surface area (Å²) in [6.45, 7) is 0.101. The minimum atomic E-state index is -3.65. The van der Waals surface area contributed by atoms with E-state index in [2.05, 4.69) is 9.71 Å². The Morgan fingerprint density at radius 1 is 1.64 bits per heavy atom. The number of fused-ring (bicyclic) bond motifs is 1. The predicted octanol–water partition coefficient (Wildman–Crippen LogP) is -0.311. The topological polar surface area (TPSA) is 89.5 Å². The molecule has 0 spiro atoms. The van der Waals surface area contributed by atoms with E-state index in [0.29, 0.717) is 5.82 Å². The minimum Gasteiger partial charge on any atom is -0.293 e. The van der Waals surface area contributed by atoms with E-state index in [4.69, 9.17) is 5.14 Å². The van der Waals surface area contributed by atoms with E-state index in [1.54, 1.807) is 6.20 Å². The molecular weight excluding hydrogens is 224 g/mol. The third-order valence-electron chi connectivity index (χ3n) is 1.67. The average Bonchev–Trinajstić information content (AvgIpc) is 2.59. The van der Waals surface area contributed by atoms with Crippen LogP contribution in [0.25, 0.3) is 4.83 Å². The van der Waals surface area contributed by atoms with Crippen LogP contribution in [0.5, 0.6) is 0 Å². The van der Waals surface area contributed by atoms with Crippen molar-refractivity contribution in [3.8, 4) is 0 Å². The molecular formula is C6H8N4O2S2. The summed E-state index contributed by atoms with van der Waals surface area (Å²) in [5.74, 6) is 0.621. The van der Waals surface area contributed by atoms with Crippen LogP contribution in [-0.2, 0) is 16.8 Å². The van der Waals surface area contributed by atoms with Gasteiger partial charge in [0, 0.05) is 11.6 Å². The van der Waals surface area contributed by atoms with Crippen molar-refractivity contribution in [2.45, 2.75) is 6.54 Å². The van der Waals surface area contributed by atoms with Crippen molar-refractivity contribution < 1.29 is 8.42 Å². The third kappa shape index (κ3) is 1.93. The van der Waals surface area contributed by atoms with Crippen molar-refractivity contribution in [2.24, 2.45) is 5.14 Å². The van der Waals surface area contributed by atoms with Crippen LogP contribution in [0.4, 0.5) is 0 Å². The Bertz CT molecular complexity index is 541. The average molecular weight is 232 g/mol. The van der Waals surface area contributed by atoms with Crippen molar-refractivity contribution in [3.63, 3.8) is 0 Å². The molecule has 6 nitrogen and oxygen atoms in total. The molecule has 2 aromatic rings. The Morgan fingerprint density at radius 2 is 2.43 bits per heavy atom. The van der Waals surface area contributed by atoms with Crippen LogP contribution in [0.2, 0.25) is 0 Å². The fourth-order valence-corrected chi connectivity index (χ4v) is 2.13. The molecule has 2 aromatic heterocycles. The van der Waals surface area contributed by atoms with E-state index in [1.807, 2.05) is 16.0 Å². The lowest BCUT2D eigenvalue weighted by atomic mass is 10.6. The highest BCUT2D eigenvalue weighted by Gasteiger charge is 2.06. The molecule has 0 atom stereocenters. The lowest BCUT2D eigenvalue weighted by molar-refractivity contribution is 0.581. The van der Waals surface area contributed by atoms with Crippen LogP contribution in [0.15, 0.2) is 17.8 Å². The zero-order chi connectivity index (χ0) is 10.2. The first-order valence-electron chi connectivity index (χ1n) is 3.73. The monoisotopic (exact) mass is 232 g/mol. The van der Waals surface area contributed by atoms with Crippen molar-refractivity contribution in [3.05, 3.63) is 23.6 Å². The highest BCUT2D eigenvalue weighted by atomic mass is 32.2. The Kier molecular flexibility index (Phi) is 2.27. The highest BCUT2D eigenvalue weighted by molar-refractivity contribution is 7.87. The number of rotatable bonds is 3. The van der Waals surface area contributed by atoms with E-state index in [-0.39, 0.29) is 6.54 Å². The quantitative estimate of drug-likeness (QED) is 0.760. The molecule has 3 N–H and O–H groups in total. The van der Waals surface area contributed by atoms with Gasteiger partial charge in [0.05, 0.1) is 12.7 Å². The largest absolute Gasteiger partial charge is 0.293 e. The summed E-state index contributed by atoms with van der Waals surface area (Å²) < 4.78 is 25.3. The minimum absolute atomic E-state index is 0.101. The Labute approximate surface area is 84.6 Å². The van der Waals surface area contributed by atoms with E-state index >= 15 is 0 Å². The van der Waals surface area contributed by atoms with Crippen LogP contribution in [0.3, 0.4) is 0 Å². The first-order chi connectivity index (χ1) is 6.56. The van der Waals surface area contributed by atoms with Crippen molar-refractivity contribution in [1.82, 2.24) is 14.1 Å². The Morgan fingerprint density at radius 3 is 3.14 bits per heavy atom. The molecule has 0 fully saturated rings. The summed E-state index contributed by atoms with van der Waals surface area (Å²) >= 11 is 1.53. The van der Waals surface area contributed by atoms with Crippen LogP contribution < -0.4 is 9.86 Å². The molecule has 76 valence electrons. The number of nitrogens with one attached hydrogen (secondary N) is 1. The number of hydrogen-bond acceptors (Lipinski definition) is 4. The zero-order valence-corrected chi connectivity index (χ0v) is 8.68. The molecule has 0 aromatic carbocycles. The molecule has 0 amide bonds. The van der Waals surface area contributed by atoms with E-state index < -0.39 is 10.2 Å². The van der Waals surface area contributed by atoms with Crippen LogP contribution >= 0.6 is 11.3 Å². The number of imidazole rings is 1. The van der Waals surface area contributed by atoms with Gasteiger partial charge in [0.1, 0.15) is 10.7 Å². The molecule has 2 heterocycles. The van der Waals surface area contributed by atoms with Crippen molar-refractivity contribution in [1.29, 1.82) is 0 Å². The van der Waals surface area contributed by atoms with Crippen molar-refractivity contribution in [2.75, 3.05) is 0 Å². The lowest BCUT2D eigenvalue weighted by Gasteiger charge is -1.99. The summed E-state index contributed by atoms with van der Waals surface area (Å²) in [7, 11) is -3.65. The summed E-state index contributed by atoms with van der Waals surface area (Å²) in [5.41, 5.74) is 0. The summed E-state index contributed by atoms with van der Waals surface area (Å²) in [4.78, 5) is 5.02. The van der Waals surface area contributed by atoms with Crippen molar-refractivity contribution >= 4 is 26.4 Å². The SMILES string of the molecule is NS(=O)(=O)NCc1ncc2sccn12. The Balaban J connectivity index is 2.24. The highest BCUT2D eigenvalue weighted by Crippen LogP contribution is 2.12. The zero-order valence-electron chi connectivity index (χ0n) is 7.04. The summed E-state index contributed by atoms with van der Waals surface area (Å²) in [6.07, 6.45) is 3.51. The molecule has 14 heavy (non-hydrogen) atoms. The van der Waals surface area contributed by atoms with Gasteiger partial charge in [0.2, 0.25) is 0 Å². The van der Waals surface area contributed by atoms with Gasteiger partial charge in [-0.1, -0.05) is 0 Å². The third-order valence-corrected chi connectivity index (χ3v) is 3.02. The molecule has 0 saturated heterocycles. The maximum Gasteiger partial charge on any atom is 0.274 e. The number of aromatic nitrogens is 2. The molecule has 2 rings (SSSR count). The Hall–Kier alpha value is -0.960. The maximum absolute atomic E-state index is 10.6. The van der Waals surface area contributed by atoms with E-state index in [9.17, 15) is 8.42 Å². The molecule has 0 radical (unpaired) electrons. The molecule has 0 saturated carbocycles. The molecule has 0 bridgehead atoms. The maximum atomic E-state index is 10.6. The second kappa shape index (κ2) is 3.31. The summed E-state index contributed by atoms with van der Waals surface area (Å²) in [5, 5.41) is 6.70. The first-order valence-corrected chi connectivity index (χ1v) is 6.16. The molecule has 0 aliphatic rings. The van der Waals surface area contributed by atoms with Gasteiger partial charge in [-0.3, -0.25) is 4.40 Å². The second-order valence-corrected chi connectivity index (χ2v) is 4.96. The van der Waals surface area contributed by atoms with E-state index in [1.165, 1.54) is 11.3 Å². The van der Waals surface area contributed by atoms with E-state index in [0.717, 1.165) is 4.83 Å². The standard InChI is InChI=1S/C6H8N4O2S2/c7-14(11,12)9-3-5-8-4-6-10(5)1-2-13-6/h1-2,4,9H,3H2,(H2,7,11,12). The number of hydrogen-bond donors (Lipinski definition) is 2. The van der Waals surface area contributed by atoms with Crippen LogP contribution in [0, 0.1) is 0 Å². The van der Waals surface area contributed by atoms with Gasteiger partial charge in [-0.2, -0.15) is 13.1 Å². The van der Waals surface area contributed by atoms with Gasteiger partial charge >= 0.3 is 0 Å². The molecule has 0 aliphatic heterocycles. The number of nitrogens with two attached hydrogens (primary N) is 1. The van der Waals surface area contributed by atoms with Gasteiger partial charge in [-0.05, 0) is 0 Å². The van der Waals surface area contributed by atoms with Gasteiger partial charge in [-0.25, -0.2) is 10.1 Å². The second-order valence-electron chi connectivity index (χ2n) is 2.65. The smallest absolute Gasteiger partial charge is 0.274 e. The van der Waals surface area contributed by atoms with Crippen LogP contribution in [-0.4, -0.2) is 17.8 Å². The number of thiazole rings is 1. The molecule has 8 heteroatoms. The predicted molar refractivity (Wildman–Crippen MR) is 53.0 cm³/mol. The van der Waals surface area contributed by atoms with Gasteiger partial charge in [0.15, 0.2) is 0 Å². The first kappa shape index (κ1) is 9.59. The fraction of sp³-hybridized carbons (Fsp3) is 0.167. The van der Waals surface area contributed by atoms with Gasteiger partial charge in [0.25, 0.3) is 10.2 Å². The van der Waals surface area contributed by atoms with Crippen LogP contribution in [0.1, 0.15) is 5.82 Å². The number of nitrogens with zero attached hydrogens (tertiary/aromatic N) is 2. The molecule has 0 aliphatic carbocycles.